The summed E-state index contributed by atoms with van der Waals surface area (Å²) in [5, 5.41) is 8.54. The highest BCUT2D eigenvalue weighted by atomic mass is 19.1. The summed E-state index contributed by atoms with van der Waals surface area (Å²) >= 11 is 0. The number of benzene rings is 2. The normalized spacial score (nSPS) is 13.1. The maximum absolute atomic E-state index is 13.6. The van der Waals surface area contributed by atoms with Gasteiger partial charge >= 0.3 is 0 Å². The number of nitrogens with zero attached hydrogens (tertiary/aromatic N) is 5. The van der Waals surface area contributed by atoms with Crippen molar-refractivity contribution in [2.75, 3.05) is 13.2 Å². The minimum Gasteiger partial charge on any atom is -0.484 e. The number of hydrogen-bond donors (Lipinski definition) is 0. The SMILES string of the molecule is Cc1cccc(OCC(=O)N2CCc3c(c(-c4nc(-c5cccc(F)c5)no4)nn3C)C2)c1. The summed E-state index contributed by atoms with van der Waals surface area (Å²) in [4.78, 5) is 19.0. The molecule has 1 aliphatic rings. The fraction of sp³-hybridized carbons (Fsp3) is 0.250. The van der Waals surface area contributed by atoms with Crippen molar-refractivity contribution in [3.8, 4) is 28.7 Å². The minimum absolute atomic E-state index is 0.0430. The first-order valence-corrected chi connectivity index (χ1v) is 10.6. The zero-order chi connectivity index (χ0) is 22.9. The molecule has 5 rings (SSSR count). The van der Waals surface area contributed by atoms with Crippen molar-refractivity contribution in [1.29, 1.82) is 0 Å². The number of carbonyl (C=O) groups is 1. The van der Waals surface area contributed by atoms with Crippen LogP contribution < -0.4 is 4.74 Å². The molecule has 2 aromatic carbocycles. The molecule has 1 amide bonds. The van der Waals surface area contributed by atoms with E-state index < -0.39 is 0 Å². The minimum atomic E-state index is -0.379. The zero-order valence-electron chi connectivity index (χ0n) is 18.3. The quantitative estimate of drug-likeness (QED) is 0.465. The third-order valence-electron chi connectivity index (χ3n) is 5.66. The van der Waals surface area contributed by atoms with Crippen molar-refractivity contribution < 1.29 is 18.4 Å². The Kier molecular flexibility index (Phi) is 5.37. The Bertz CT molecular complexity index is 1330. The molecule has 0 atom stereocenters. The molecule has 2 aromatic heterocycles. The second-order valence-corrected chi connectivity index (χ2v) is 8.00. The average Bonchev–Trinajstić information content (AvgIpc) is 3.42. The van der Waals surface area contributed by atoms with Crippen molar-refractivity contribution in [1.82, 2.24) is 24.8 Å². The van der Waals surface area contributed by atoms with Crippen LogP contribution in [0.5, 0.6) is 5.75 Å². The highest BCUT2D eigenvalue weighted by molar-refractivity contribution is 5.78. The monoisotopic (exact) mass is 447 g/mol. The second kappa shape index (κ2) is 8.50. The molecule has 0 saturated heterocycles. The van der Waals surface area contributed by atoms with E-state index in [4.69, 9.17) is 9.26 Å². The predicted octanol–water partition coefficient (Wildman–Crippen LogP) is 3.55. The van der Waals surface area contributed by atoms with Gasteiger partial charge in [0.25, 0.3) is 11.8 Å². The van der Waals surface area contributed by atoms with Gasteiger partial charge in [0, 0.05) is 43.4 Å². The molecule has 1 aliphatic heterocycles. The summed E-state index contributed by atoms with van der Waals surface area (Å²) in [5.74, 6) is 0.688. The van der Waals surface area contributed by atoms with Crippen LogP contribution in [0.4, 0.5) is 4.39 Å². The largest absolute Gasteiger partial charge is 0.484 e. The third kappa shape index (κ3) is 4.21. The van der Waals surface area contributed by atoms with Gasteiger partial charge in [-0.2, -0.15) is 10.1 Å². The van der Waals surface area contributed by atoms with Crippen LogP contribution in [0.1, 0.15) is 16.8 Å². The number of aromatic nitrogens is 4. The molecule has 0 fully saturated rings. The van der Waals surface area contributed by atoms with Gasteiger partial charge in [0.1, 0.15) is 11.6 Å². The lowest BCUT2D eigenvalue weighted by Crippen LogP contribution is -2.39. The van der Waals surface area contributed by atoms with E-state index >= 15 is 0 Å². The Morgan fingerprint density at radius 1 is 1.21 bits per heavy atom. The molecule has 0 N–H and O–H groups in total. The smallest absolute Gasteiger partial charge is 0.279 e. The Balaban J connectivity index is 1.35. The molecule has 9 heteroatoms. The van der Waals surface area contributed by atoms with Crippen molar-refractivity contribution >= 4 is 5.91 Å². The molecule has 0 spiro atoms. The summed E-state index contributed by atoms with van der Waals surface area (Å²) in [6.07, 6.45) is 0.653. The number of amides is 1. The summed E-state index contributed by atoms with van der Waals surface area (Å²) in [5.41, 5.74) is 3.99. The molecule has 0 radical (unpaired) electrons. The van der Waals surface area contributed by atoms with E-state index in [2.05, 4.69) is 15.2 Å². The summed E-state index contributed by atoms with van der Waals surface area (Å²) in [7, 11) is 1.85. The molecular formula is C24H22FN5O3. The number of aryl methyl sites for hydroxylation is 2. The van der Waals surface area contributed by atoms with Crippen LogP contribution in [0.15, 0.2) is 53.1 Å². The third-order valence-corrected chi connectivity index (χ3v) is 5.66. The maximum atomic E-state index is 13.6. The number of carbonyl (C=O) groups excluding carboxylic acids is 1. The predicted molar refractivity (Wildman–Crippen MR) is 118 cm³/mol. The lowest BCUT2D eigenvalue weighted by atomic mass is 10.0. The van der Waals surface area contributed by atoms with E-state index in [0.29, 0.717) is 36.5 Å². The van der Waals surface area contributed by atoms with Crippen LogP contribution in [-0.4, -0.2) is 43.9 Å². The summed E-state index contributed by atoms with van der Waals surface area (Å²) in [6.45, 7) is 2.87. The van der Waals surface area contributed by atoms with Crippen molar-refractivity contribution in [3.05, 3.63) is 71.2 Å². The van der Waals surface area contributed by atoms with Gasteiger partial charge in [-0.3, -0.25) is 9.48 Å². The fourth-order valence-corrected chi connectivity index (χ4v) is 3.98. The van der Waals surface area contributed by atoms with Crippen LogP contribution in [0.25, 0.3) is 23.0 Å². The Morgan fingerprint density at radius 2 is 2.06 bits per heavy atom. The molecule has 3 heterocycles. The van der Waals surface area contributed by atoms with E-state index in [9.17, 15) is 9.18 Å². The first kappa shape index (κ1) is 20.9. The van der Waals surface area contributed by atoms with E-state index in [0.717, 1.165) is 16.8 Å². The molecule has 4 aromatic rings. The highest BCUT2D eigenvalue weighted by Gasteiger charge is 2.29. The Labute approximate surface area is 189 Å². The van der Waals surface area contributed by atoms with E-state index in [1.54, 1.807) is 21.7 Å². The Morgan fingerprint density at radius 3 is 2.88 bits per heavy atom. The average molecular weight is 447 g/mol. The van der Waals surface area contributed by atoms with Crippen molar-refractivity contribution in [2.24, 2.45) is 7.05 Å². The molecule has 0 saturated carbocycles. The standard InChI is InChI=1S/C24H22FN5O3/c1-15-5-3-8-18(11-15)32-14-21(31)30-10-9-20-19(13-30)22(27-29(20)2)24-26-23(28-33-24)16-6-4-7-17(25)12-16/h3-8,11-12H,9-10,13-14H2,1-2H3. The van der Waals surface area contributed by atoms with Crippen LogP contribution >= 0.6 is 0 Å². The number of ether oxygens (including phenoxy) is 1. The molecule has 33 heavy (non-hydrogen) atoms. The number of fused-ring (bicyclic) bond motifs is 1. The molecular weight excluding hydrogens is 425 g/mol. The first-order chi connectivity index (χ1) is 16.0. The van der Waals surface area contributed by atoms with E-state index in [1.165, 1.54) is 12.1 Å². The maximum Gasteiger partial charge on any atom is 0.279 e. The van der Waals surface area contributed by atoms with Gasteiger partial charge in [0.2, 0.25) is 5.82 Å². The molecule has 0 unspecified atom stereocenters. The molecule has 0 bridgehead atoms. The summed E-state index contributed by atoms with van der Waals surface area (Å²) < 4.78 is 26.5. The fourth-order valence-electron chi connectivity index (χ4n) is 3.98. The van der Waals surface area contributed by atoms with Gasteiger partial charge in [-0.05, 0) is 36.8 Å². The molecule has 8 nitrogen and oxygen atoms in total. The number of hydrogen-bond acceptors (Lipinski definition) is 6. The number of halogens is 1. The Hall–Kier alpha value is -4.01. The summed E-state index contributed by atoms with van der Waals surface area (Å²) in [6, 6.07) is 13.6. The van der Waals surface area contributed by atoms with Crippen molar-refractivity contribution in [2.45, 2.75) is 19.9 Å². The van der Waals surface area contributed by atoms with Crippen LogP contribution in [0.3, 0.4) is 0 Å². The first-order valence-electron chi connectivity index (χ1n) is 10.6. The van der Waals surface area contributed by atoms with Gasteiger partial charge < -0.3 is 14.2 Å². The van der Waals surface area contributed by atoms with Gasteiger partial charge in [-0.15, -0.1) is 0 Å². The van der Waals surface area contributed by atoms with Crippen LogP contribution in [0, 0.1) is 12.7 Å². The van der Waals surface area contributed by atoms with Crippen molar-refractivity contribution in [3.63, 3.8) is 0 Å². The number of rotatable bonds is 5. The lowest BCUT2D eigenvalue weighted by Gasteiger charge is -2.27. The van der Waals surface area contributed by atoms with Crippen LogP contribution in [-0.2, 0) is 24.8 Å². The van der Waals surface area contributed by atoms with Gasteiger partial charge in [-0.1, -0.05) is 29.4 Å². The van der Waals surface area contributed by atoms with E-state index in [1.807, 2.05) is 38.2 Å². The molecule has 0 aliphatic carbocycles. The van der Waals surface area contributed by atoms with Gasteiger partial charge in [-0.25, -0.2) is 4.39 Å². The zero-order valence-corrected chi connectivity index (χ0v) is 18.3. The second-order valence-electron chi connectivity index (χ2n) is 8.00. The van der Waals surface area contributed by atoms with Crippen LogP contribution in [0.2, 0.25) is 0 Å². The van der Waals surface area contributed by atoms with E-state index in [-0.39, 0.29) is 30.0 Å². The topological polar surface area (TPSA) is 86.3 Å². The van der Waals surface area contributed by atoms with Gasteiger partial charge in [0.05, 0.1) is 0 Å². The highest BCUT2D eigenvalue weighted by Crippen LogP contribution is 2.30. The molecule has 168 valence electrons. The van der Waals surface area contributed by atoms with Gasteiger partial charge in [0.15, 0.2) is 12.3 Å². The lowest BCUT2D eigenvalue weighted by molar-refractivity contribution is -0.134.